The first-order valence-corrected chi connectivity index (χ1v) is 7.97. The zero-order valence-corrected chi connectivity index (χ0v) is 11.7. The Morgan fingerprint density at radius 3 is 3.00 bits per heavy atom. The summed E-state index contributed by atoms with van der Waals surface area (Å²) >= 11 is 3.48. The summed E-state index contributed by atoms with van der Waals surface area (Å²) < 4.78 is 0. The van der Waals surface area contributed by atoms with Crippen molar-refractivity contribution < 1.29 is 9.90 Å². The molecule has 1 fully saturated rings. The minimum atomic E-state index is -0.835. The topological polar surface area (TPSA) is 65.5 Å². The molecular weight excluding hydrogens is 270 g/mol. The number of rotatable bonds is 6. The molecule has 0 saturated carbocycles. The van der Waals surface area contributed by atoms with Crippen LogP contribution in [0.2, 0.25) is 0 Å². The minimum Gasteiger partial charge on any atom is -0.481 e. The van der Waals surface area contributed by atoms with Gasteiger partial charge in [0.15, 0.2) is 5.13 Å². The molecule has 1 aliphatic heterocycles. The van der Waals surface area contributed by atoms with Gasteiger partial charge in [-0.1, -0.05) is 0 Å². The predicted molar refractivity (Wildman–Crippen MR) is 75.7 cm³/mol. The van der Waals surface area contributed by atoms with Crippen molar-refractivity contribution >= 4 is 34.2 Å². The molecule has 1 saturated heterocycles. The third-order valence-electron chi connectivity index (χ3n) is 2.69. The third-order valence-corrected chi connectivity index (χ3v) is 4.48. The van der Waals surface area contributed by atoms with Crippen LogP contribution < -0.4 is 5.32 Å². The van der Waals surface area contributed by atoms with Crippen LogP contribution in [0.4, 0.5) is 5.13 Å². The van der Waals surface area contributed by atoms with Gasteiger partial charge >= 0.3 is 5.97 Å². The van der Waals surface area contributed by atoms with Crippen molar-refractivity contribution in [2.24, 2.45) is 0 Å². The molecule has 2 rings (SSSR count). The summed E-state index contributed by atoms with van der Waals surface area (Å²) in [6.07, 6.45) is 0.00152. The van der Waals surface area contributed by atoms with Crippen LogP contribution in [0, 0.1) is 0 Å². The molecule has 18 heavy (non-hydrogen) atoms. The molecule has 1 aromatic rings. The summed E-state index contributed by atoms with van der Waals surface area (Å²) in [5.74, 6) is 1.61. The maximum Gasteiger partial charge on any atom is 0.309 e. The Labute approximate surface area is 115 Å². The second kappa shape index (κ2) is 6.96. The van der Waals surface area contributed by atoms with Crippen molar-refractivity contribution in [2.45, 2.75) is 6.42 Å². The van der Waals surface area contributed by atoms with Crippen molar-refractivity contribution in [3.05, 3.63) is 11.1 Å². The molecule has 1 aromatic heterocycles. The summed E-state index contributed by atoms with van der Waals surface area (Å²) in [4.78, 5) is 17.2. The van der Waals surface area contributed by atoms with E-state index in [1.807, 2.05) is 11.8 Å². The van der Waals surface area contributed by atoms with E-state index in [0.717, 1.165) is 31.3 Å². The summed E-state index contributed by atoms with van der Waals surface area (Å²) in [6, 6.07) is 0. The lowest BCUT2D eigenvalue weighted by Gasteiger charge is -2.25. The smallest absolute Gasteiger partial charge is 0.309 e. The van der Waals surface area contributed by atoms with Crippen LogP contribution in [-0.2, 0) is 11.2 Å². The van der Waals surface area contributed by atoms with E-state index in [0.29, 0.717) is 5.69 Å². The molecule has 0 bridgehead atoms. The molecule has 2 N–H and O–H groups in total. The van der Waals surface area contributed by atoms with Crippen LogP contribution in [0.1, 0.15) is 5.69 Å². The number of carbonyl (C=O) groups is 1. The van der Waals surface area contributed by atoms with Gasteiger partial charge in [0.1, 0.15) is 0 Å². The molecule has 0 unspecified atom stereocenters. The first-order valence-electron chi connectivity index (χ1n) is 5.94. The molecule has 0 spiro atoms. The highest BCUT2D eigenvalue weighted by Gasteiger charge is 2.10. The fourth-order valence-corrected chi connectivity index (χ4v) is 3.49. The third kappa shape index (κ3) is 4.47. The van der Waals surface area contributed by atoms with Gasteiger partial charge in [-0.15, -0.1) is 11.3 Å². The molecule has 0 radical (unpaired) electrons. The van der Waals surface area contributed by atoms with Crippen molar-refractivity contribution in [3.8, 4) is 0 Å². The SMILES string of the molecule is O=C(O)Cc1csc(NCCN2CCSCC2)n1. The predicted octanol–water partition coefficient (Wildman–Crippen LogP) is 1.23. The number of anilines is 1. The summed E-state index contributed by atoms with van der Waals surface area (Å²) in [7, 11) is 0. The lowest BCUT2D eigenvalue weighted by atomic mass is 10.3. The number of hydrogen-bond acceptors (Lipinski definition) is 6. The van der Waals surface area contributed by atoms with Crippen LogP contribution in [0.15, 0.2) is 5.38 Å². The fourth-order valence-electron chi connectivity index (χ4n) is 1.77. The van der Waals surface area contributed by atoms with Crippen LogP contribution in [-0.4, -0.2) is 58.6 Å². The average molecular weight is 287 g/mol. The Morgan fingerprint density at radius 2 is 2.28 bits per heavy atom. The van der Waals surface area contributed by atoms with Gasteiger partial charge in [-0.25, -0.2) is 4.98 Å². The van der Waals surface area contributed by atoms with Crippen molar-refractivity contribution in [1.29, 1.82) is 0 Å². The minimum absolute atomic E-state index is 0.00152. The standard InChI is InChI=1S/C11H17N3O2S2/c15-10(16)7-9-8-18-11(13-9)12-1-2-14-3-5-17-6-4-14/h8H,1-7H2,(H,12,13)(H,15,16). The molecule has 1 aliphatic rings. The van der Waals surface area contributed by atoms with Gasteiger partial charge in [0.25, 0.3) is 0 Å². The van der Waals surface area contributed by atoms with Gasteiger partial charge in [-0.3, -0.25) is 9.69 Å². The van der Waals surface area contributed by atoms with Gasteiger partial charge in [0.2, 0.25) is 0 Å². The molecule has 0 atom stereocenters. The number of carboxylic acids is 1. The highest BCUT2D eigenvalue weighted by molar-refractivity contribution is 7.99. The summed E-state index contributed by atoms with van der Waals surface area (Å²) in [5, 5.41) is 14.5. The number of aromatic nitrogens is 1. The van der Waals surface area contributed by atoms with Gasteiger partial charge in [-0.2, -0.15) is 11.8 Å². The lowest BCUT2D eigenvalue weighted by Crippen LogP contribution is -2.36. The second-order valence-electron chi connectivity index (χ2n) is 4.10. The maximum atomic E-state index is 10.5. The summed E-state index contributed by atoms with van der Waals surface area (Å²) in [6.45, 7) is 4.21. The Bertz CT molecular complexity index is 391. The molecule has 5 nitrogen and oxygen atoms in total. The van der Waals surface area contributed by atoms with Crippen molar-refractivity contribution in [3.63, 3.8) is 0 Å². The van der Waals surface area contributed by atoms with E-state index < -0.39 is 5.97 Å². The number of thiazole rings is 1. The van der Waals surface area contributed by atoms with Crippen LogP contribution in [0.5, 0.6) is 0 Å². The van der Waals surface area contributed by atoms with Gasteiger partial charge < -0.3 is 10.4 Å². The van der Waals surface area contributed by atoms with E-state index in [9.17, 15) is 4.79 Å². The molecule has 0 aliphatic carbocycles. The second-order valence-corrected chi connectivity index (χ2v) is 6.18. The molecular formula is C11H17N3O2S2. The normalized spacial score (nSPS) is 16.7. The quantitative estimate of drug-likeness (QED) is 0.820. The Morgan fingerprint density at radius 1 is 1.50 bits per heavy atom. The van der Waals surface area contributed by atoms with Crippen molar-refractivity contribution in [1.82, 2.24) is 9.88 Å². The zero-order chi connectivity index (χ0) is 12.8. The largest absolute Gasteiger partial charge is 0.481 e. The lowest BCUT2D eigenvalue weighted by molar-refractivity contribution is -0.136. The van der Waals surface area contributed by atoms with Gasteiger partial charge in [-0.05, 0) is 0 Å². The van der Waals surface area contributed by atoms with E-state index in [4.69, 9.17) is 5.11 Å². The van der Waals surface area contributed by atoms with E-state index in [2.05, 4.69) is 15.2 Å². The Kier molecular flexibility index (Phi) is 5.27. The number of hydrogen-bond donors (Lipinski definition) is 2. The van der Waals surface area contributed by atoms with E-state index in [-0.39, 0.29) is 6.42 Å². The highest BCUT2D eigenvalue weighted by Crippen LogP contribution is 2.15. The number of aliphatic carboxylic acids is 1. The van der Waals surface area contributed by atoms with E-state index in [1.54, 1.807) is 5.38 Å². The zero-order valence-electron chi connectivity index (χ0n) is 10.1. The molecule has 0 amide bonds. The first-order chi connectivity index (χ1) is 8.74. The summed E-state index contributed by atoms with van der Waals surface area (Å²) in [5.41, 5.74) is 0.629. The van der Waals surface area contributed by atoms with Crippen LogP contribution in [0.25, 0.3) is 0 Å². The number of nitrogens with one attached hydrogen (secondary N) is 1. The number of carboxylic acid groups (broad SMARTS) is 1. The monoisotopic (exact) mass is 287 g/mol. The number of nitrogens with zero attached hydrogens (tertiary/aromatic N) is 2. The van der Waals surface area contributed by atoms with Crippen LogP contribution >= 0.6 is 23.1 Å². The average Bonchev–Trinajstić information content (AvgIpc) is 2.77. The van der Waals surface area contributed by atoms with Crippen molar-refractivity contribution in [2.75, 3.05) is 43.0 Å². The maximum absolute atomic E-state index is 10.5. The van der Waals surface area contributed by atoms with Gasteiger partial charge in [0, 0.05) is 43.1 Å². The van der Waals surface area contributed by atoms with E-state index in [1.165, 1.54) is 22.8 Å². The Balaban J connectivity index is 1.69. The van der Waals surface area contributed by atoms with E-state index >= 15 is 0 Å². The Hall–Kier alpha value is -0.790. The van der Waals surface area contributed by atoms with Gasteiger partial charge in [0.05, 0.1) is 12.1 Å². The first kappa shape index (κ1) is 13.6. The number of thioether (sulfide) groups is 1. The molecule has 0 aromatic carbocycles. The molecule has 2 heterocycles. The van der Waals surface area contributed by atoms with Crippen LogP contribution in [0.3, 0.4) is 0 Å². The fraction of sp³-hybridized carbons (Fsp3) is 0.636. The highest BCUT2D eigenvalue weighted by atomic mass is 32.2. The molecule has 7 heteroatoms. The molecule has 100 valence electrons.